The van der Waals surface area contributed by atoms with Crippen LogP contribution in [0.15, 0.2) is 53.7 Å². The lowest BCUT2D eigenvalue weighted by Gasteiger charge is -2.14. The third-order valence-electron chi connectivity index (χ3n) is 4.86. The second-order valence-electron chi connectivity index (χ2n) is 7.23. The van der Waals surface area contributed by atoms with Crippen molar-refractivity contribution in [2.45, 2.75) is 18.1 Å². The van der Waals surface area contributed by atoms with Crippen LogP contribution in [0.2, 0.25) is 0 Å². The molecule has 2 amide bonds. The predicted octanol–water partition coefficient (Wildman–Crippen LogP) is 2.83. The fourth-order valence-corrected chi connectivity index (χ4v) is 3.80. The Balaban J connectivity index is 1.56. The van der Waals surface area contributed by atoms with Gasteiger partial charge in [0.25, 0.3) is 5.91 Å². The molecule has 0 aliphatic carbocycles. The van der Waals surface area contributed by atoms with Gasteiger partial charge in [0.1, 0.15) is 5.75 Å². The summed E-state index contributed by atoms with van der Waals surface area (Å²) in [5.41, 5.74) is 1.33. The van der Waals surface area contributed by atoms with Crippen molar-refractivity contribution < 1.29 is 23.9 Å². The van der Waals surface area contributed by atoms with E-state index in [1.54, 1.807) is 74.2 Å². The van der Waals surface area contributed by atoms with Gasteiger partial charge in [0, 0.05) is 18.3 Å². The fourth-order valence-electron chi connectivity index (χ4n) is 3.08. The Morgan fingerprint density at radius 3 is 2.47 bits per heavy atom. The van der Waals surface area contributed by atoms with Gasteiger partial charge in [0.05, 0.1) is 31.6 Å². The van der Waals surface area contributed by atoms with Gasteiger partial charge in [0.15, 0.2) is 11.0 Å². The molecule has 0 saturated carbocycles. The number of ether oxygens (including phenoxy) is 2. The quantitative estimate of drug-likeness (QED) is 0.352. The third-order valence-corrected chi connectivity index (χ3v) is 5.88. The SMILES string of the molecule is COC(=O)c1cccc(NC(=O)CSc2nnc([C@H](C)NC(=O)c3ccc(OC)cc3)n2C)c1. The molecule has 0 aliphatic heterocycles. The molecule has 0 fully saturated rings. The Kier molecular flexibility index (Phi) is 8.25. The van der Waals surface area contributed by atoms with E-state index in [0.717, 1.165) is 0 Å². The summed E-state index contributed by atoms with van der Waals surface area (Å²) in [7, 11) is 4.63. The highest BCUT2D eigenvalue weighted by Crippen LogP contribution is 2.20. The van der Waals surface area contributed by atoms with Crippen molar-refractivity contribution in [2.24, 2.45) is 7.05 Å². The smallest absolute Gasteiger partial charge is 0.337 e. The zero-order valence-electron chi connectivity index (χ0n) is 19.2. The van der Waals surface area contributed by atoms with Crippen LogP contribution in [-0.2, 0) is 16.6 Å². The third kappa shape index (κ3) is 6.13. The first-order chi connectivity index (χ1) is 16.3. The second-order valence-corrected chi connectivity index (χ2v) is 8.18. The number of benzene rings is 2. The molecule has 178 valence electrons. The summed E-state index contributed by atoms with van der Waals surface area (Å²) in [5.74, 6) is 0.306. The number of thioether (sulfide) groups is 1. The van der Waals surface area contributed by atoms with Crippen LogP contribution < -0.4 is 15.4 Å². The highest BCUT2D eigenvalue weighted by atomic mass is 32.2. The Morgan fingerprint density at radius 1 is 1.06 bits per heavy atom. The largest absolute Gasteiger partial charge is 0.497 e. The lowest BCUT2D eigenvalue weighted by molar-refractivity contribution is -0.113. The molecular weight excluding hydrogens is 458 g/mol. The molecule has 1 atom stereocenters. The first kappa shape index (κ1) is 24.8. The minimum atomic E-state index is -0.481. The molecular formula is C23H25N5O5S. The van der Waals surface area contributed by atoms with Crippen molar-refractivity contribution in [3.05, 3.63) is 65.5 Å². The van der Waals surface area contributed by atoms with Crippen LogP contribution in [0.5, 0.6) is 5.75 Å². The molecule has 10 nitrogen and oxygen atoms in total. The van der Waals surface area contributed by atoms with Gasteiger partial charge in [-0.15, -0.1) is 10.2 Å². The molecule has 0 bridgehead atoms. The number of aromatic nitrogens is 3. The maximum atomic E-state index is 12.5. The number of methoxy groups -OCH3 is 2. The maximum Gasteiger partial charge on any atom is 0.337 e. The van der Waals surface area contributed by atoms with Gasteiger partial charge >= 0.3 is 5.97 Å². The average Bonchev–Trinajstić information content (AvgIpc) is 3.22. The zero-order valence-corrected chi connectivity index (χ0v) is 20.0. The molecule has 0 saturated heterocycles. The first-order valence-corrected chi connectivity index (χ1v) is 11.3. The van der Waals surface area contributed by atoms with Crippen molar-refractivity contribution in [1.29, 1.82) is 0 Å². The number of nitrogens with zero attached hydrogens (tertiary/aromatic N) is 3. The van der Waals surface area contributed by atoms with Gasteiger partial charge in [-0.25, -0.2) is 4.79 Å². The van der Waals surface area contributed by atoms with Crippen molar-refractivity contribution >= 4 is 35.2 Å². The lowest BCUT2D eigenvalue weighted by atomic mass is 10.2. The van der Waals surface area contributed by atoms with Gasteiger partial charge in [-0.1, -0.05) is 17.8 Å². The van der Waals surface area contributed by atoms with E-state index in [4.69, 9.17) is 4.74 Å². The van der Waals surface area contributed by atoms with E-state index in [-0.39, 0.29) is 17.6 Å². The van der Waals surface area contributed by atoms with Crippen LogP contribution in [0.3, 0.4) is 0 Å². The molecule has 0 spiro atoms. The summed E-state index contributed by atoms with van der Waals surface area (Å²) in [6, 6.07) is 12.9. The van der Waals surface area contributed by atoms with Crippen LogP contribution in [0.4, 0.5) is 5.69 Å². The topological polar surface area (TPSA) is 124 Å². The number of nitrogens with one attached hydrogen (secondary N) is 2. The molecule has 0 radical (unpaired) electrons. The number of amides is 2. The Morgan fingerprint density at radius 2 is 1.79 bits per heavy atom. The van der Waals surface area contributed by atoms with Crippen molar-refractivity contribution in [3.8, 4) is 5.75 Å². The normalized spacial score (nSPS) is 11.4. The number of hydrogen-bond donors (Lipinski definition) is 2. The number of anilines is 1. The first-order valence-electron chi connectivity index (χ1n) is 10.3. The molecule has 2 aromatic carbocycles. The molecule has 0 aliphatic rings. The monoisotopic (exact) mass is 483 g/mol. The van der Waals surface area contributed by atoms with E-state index in [1.165, 1.54) is 18.9 Å². The van der Waals surface area contributed by atoms with Gasteiger partial charge in [-0.2, -0.15) is 0 Å². The molecule has 1 heterocycles. The number of esters is 1. The van der Waals surface area contributed by atoms with Crippen LogP contribution in [0.1, 0.15) is 39.5 Å². The Hall–Kier alpha value is -3.86. The average molecular weight is 484 g/mol. The van der Waals surface area contributed by atoms with Crippen LogP contribution in [-0.4, -0.2) is 52.5 Å². The van der Waals surface area contributed by atoms with Crippen molar-refractivity contribution in [3.63, 3.8) is 0 Å². The van der Waals surface area contributed by atoms with Crippen molar-refractivity contribution in [1.82, 2.24) is 20.1 Å². The second kappa shape index (κ2) is 11.3. The van der Waals surface area contributed by atoms with E-state index in [2.05, 4.69) is 25.6 Å². The van der Waals surface area contributed by atoms with Gasteiger partial charge in [0.2, 0.25) is 5.91 Å². The van der Waals surface area contributed by atoms with Crippen LogP contribution in [0.25, 0.3) is 0 Å². The van der Waals surface area contributed by atoms with Crippen LogP contribution >= 0.6 is 11.8 Å². The lowest BCUT2D eigenvalue weighted by Crippen LogP contribution is -2.28. The van der Waals surface area contributed by atoms with Gasteiger partial charge < -0.3 is 24.7 Å². The summed E-state index contributed by atoms with van der Waals surface area (Å²) < 4.78 is 11.5. The molecule has 3 aromatic rings. The highest BCUT2D eigenvalue weighted by molar-refractivity contribution is 7.99. The molecule has 2 N–H and O–H groups in total. The highest BCUT2D eigenvalue weighted by Gasteiger charge is 2.19. The van der Waals surface area contributed by atoms with E-state index in [9.17, 15) is 14.4 Å². The Bertz CT molecular complexity index is 1180. The molecule has 1 aromatic heterocycles. The van der Waals surface area contributed by atoms with Gasteiger partial charge in [-0.05, 0) is 49.4 Å². The molecule has 3 rings (SSSR count). The van der Waals surface area contributed by atoms with Crippen LogP contribution in [0, 0.1) is 0 Å². The fraction of sp³-hybridized carbons (Fsp3) is 0.261. The summed E-state index contributed by atoms with van der Waals surface area (Å²) in [6.07, 6.45) is 0. The van der Waals surface area contributed by atoms with E-state index >= 15 is 0 Å². The zero-order chi connectivity index (χ0) is 24.7. The number of carbonyl (C=O) groups is 3. The Labute approximate surface area is 201 Å². The number of carbonyl (C=O) groups excluding carboxylic acids is 3. The summed E-state index contributed by atoms with van der Waals surface area (Å²) in [4.78, 5) is 36.5. The summed E-state index contributed by atoms with van der Waals surface area (Å²) in [6.45, 7) is 1.81. The van der Waals surface area contributed by atoms with E-state index in [1.807, 2.05) is 0 Å². The van der Waals surface area contributed by atoms with Crippen molar-refractivity contribution in [2.75, 3.05) is 25.3 Å². The van der Waals surface area contributed by atoms with Gasteiger partial charge in [-0.3, -0.25) is 9.59 Å². The molecule has 11 heteroatoms. The van der Waals surface area contributed by atoms with E-state index < -0.39 is 12.0 Å². The number of rotatable bonds is 9. The minimum absolute atomic E-state index is 0.0843. The minimum Gasteiger partial charge on any atom is -0.497 e. The van der Waals surface area contributed by atoms with E-state index in [0.29, 0.717) is 33.5 Å². The number of hydrogen-bond acceptors (Lipinski definition) is 8. The molecule has 34 heavy (non-hydrogen) atoms. The molecule has 0 unspecified atom stereocenters. The predicted molar refractivity (Wildman–Crippen MR) is 127 cm³/mol. The summed E-state index contributed by atoms with van der Waals surface area (Å²) in [5, 5.41) is 14.5. The summed E-state index contributed by atoms with van der Waals surface area (Å²) >= 11 is 1.21. The maximum absolute atomic E-state index is 12.5. The standard InChI is InChI=1S/C23H25N5O5S/c1-14(24-21(30)15-8-10-18(32-3)11-9-15)20-26-27-23(28(20)2)34-13-19(29)25-17-7-5-6-16(12-17)22(31)33-4/h5-12,14H,13H2,1-4H3,(H,24,30)(H,25,29)/t14-/m0/s1.